The van der Waals surface area contributed by atoms with Crippen molar-refractivity contribution in [3.8, 4) is 0 Å². The molecule has 0 aromatic carbocycles. The molecule has 6 heteroatoms. The van der Waals surface area contributed by atoms with Crippen LogP contribution in [0.3, 0.4) is 0 Å². The van der Waals surface area contributed by atoms with Crippen LogP contribution >= 0.6 is 0 Å². The zero-order valence-corrected chi connectivity index (χ0v) is 13.4. The molecule has 2 fully saturated rings. The Bertz CT molecular complexity index is 378. The minimum Gasteiger partial charge on any atom is -0.379 e. The molecule has 0 bridgehead atoms. The Kier molecular flexibility index (Phi) is 5.22. The lowest BCUT2D eigenvalue weighted by molar-refractivity contribution is -0.145. The molecule has 120 valence electrons. The van der Waals surface area contributed by atoms with Crippen LogP contribution in [-0.4, -0.2) is 85.5 Å². The van der Waals surface area contributed by atoms with Crippen LogP contribution < -0.4 is 0 Å². The van der Waals surface area contributed by atoms with Gasteiger partial charge in [-0.15, -0.1) is 0 Å². The molecule has 21 heavy (non-hydrogen) atoms. The standard InChI is InChI=1S/C15H27N3O3/c1-15(2,3)14(20)18-6-4-17(5-7-18)13(19)12-16-8-10-21-11-9-16/h4-12H2,1-3H3. The number of ether oxygens (including phenoxy) is 1. The van der Waals surface area contributed by atoms with Crippen LogP contribution in [-0.2, 0) is 14.3 Å². The number of piperazine rings is 1. The Balaban J connectivity index is 1.78. The van der Waals surface area contributed by atoms with Crippen molar-refractivity contribution in [1.82, 2.24) is 14.7 Å². The number of rotatable bonds is 2. The topological polar surface area (TPSA) is 53.1 Å². The number of hydrogen-bond acceptors (Lipinski definition) is 4. The number of hydrogen-bond donors (Lipinski definition) is 0. The van der Waals surface area contributed by atoms with Gasteiger partial charge >= 0.3 is 0 Å². The summed E-state index contributed by atoms with van der Waals surface area (Å²) in [6, 6.07) is 0. The van der Waals surface area contributed by atoms with Crippen molar-refractivity contribution >= 4 is 11.8 Å². The van der Waals surface area contributed by atoms with E-state index >= 15 is 0 Å². The third-order valence-corrected chi connectivity index (χ3v) is 4.02. The van der Waals surface area contributed by atoms with Gasteiger partial charge in [-0.2, -0.15) is 0 Å². The molecule has 2 rings (SSSR count). The third kappa shape index (κ3) is 4.41. The Morgan fingerprint density at radius 3 is 1.95 bits per heavy atom. The molecule has 0 atom stereocenters. The van der Waals surface area contributed by atoms with Gasteiger partial charge in [-0.1, -0.05) is 20.8 Å². The van der Waals surface area contributed by atoms with Gasteiger partial charge in [0.1, 0.15) is 0 Å². The van der Waals surface area contributed by atoms with Crippen molar-refractivity contribution in [2.45, 2.75) is 20.8 Å². The second-order valence-electron chi connectivity index (χ2n) is 6.81. The van der Waals surface area contributed by atoms with Crippen LogP contribution in [0, 0.1) is 5.41 Å². The third-order valence-electron chi connectivity index (χ3n) is 4.02. The van der Waals surface area contributed by atoms with Crippen molar-refractivity contribution in [1.29, 1.82) is 0 Å². The molecule has 2 amide bonds. The van der Waals surface area contributed by atoms with Crippen molar-refractivity contribution in [3.63, 3.8) is 0 Å². The van der Waals surface area contributed by atoms with Gasteiger partial charge in [-0.05, 0) is 0 Å². The average Bonchev–Trinajstić information content (AvgIpc) is 2.46. The van der Waals surface area contributed by atoms with Gasteiger partial charge in [0.2, 0.25) is 11.8 Å². The fraction of sp³-hybridized carbons (Fsp3) is 0.867. The van der Waals surface area contributed by atoms with Crippen LogP contribution in [0.15, 0.2) is 0 Å². The fourth-order valence-electron chi connectivity index (χ4n) is 2.68. The molecule has 0 aromatic rings. The molecule has 2 aliphatic heterocycles. The highest BCUT2D eigenvalue weighted by molar-refractivity contribution is 5.82. The Hall–Kier alpha value is -1.14. The van der Waals surface area contributed by atoms with Gasteiger partial charge < -0.3 is 14.5 Å². The summed E-state index contributed by atoms with van der Waals surface area (Å²) in [6.07, 6.45) is 0. The van der Waals surface area contributed by atoms with Gasteiger partial charge in [0, 0.05) is 44.7 Å². The summed E-state index contributed by atoms with van der Waals surface area (Å²) in [4.78, 5) is 30.4. The summed E-state index contributed by atoms with van der Waals surface area (Å²) < 4.78 is 5.29. The molecule has 6 nitrogen and oxygen atoms in total. The van der Waals surface area contributed by atoms with Gasteiger partial charge in [-0.25, -0.2) is 0 Å². The molecule has 0 N–H and O–H groups in total. The SMILES string of the molecule is CC(C)(C)C(=O)N1CCN(C(=O)CN2CCOCC2)CC1. The highest BCUT2D eigenvalue weighted by Gasteiger charge is 2.31. The zero-order chi connectivity index (χ0) is 15.5. The Morgan fingerprint density at radius 1 is 0.905 bits per heavy atom. The van der Waals surface area contributed by atoms with Crippen LogP contribution in [0.4, 0.5) is 0 Å². The summed E-state index contributed by atoms with van der Waals surface area (Å²) >= 11 is 0. The van der Waals surface area contributed by atoms with E-state index < -0.39 is 0 Å². The summed E-state index contributed by atoms with van der Waals surface area (Å²) in [5.41, 5.74) is -0.347. The Labute approximate surface area is 127 Å². The molecule has 0 saturated carbocycles. The van der Waals surface area contributed by atoms with E-state index in [0.717, 1.165) is 13.1 Å². The van der Waals surface area contributed by atoms with E-state index in [2.05, 4.69) is 4.90 Å². The number of carbonyl (C=O) groups is 2. The molecular formula is C15H27N3O3. The summed E-state index contributed by atoms with van der Waals surface area (Å²) in [7, 11) is 0. The smallest absolute Gasteiger partial charge is 0.236 e. The van der Waals surface area contributed by atoms with Gasteiger partial charge in [0.15, 0.2) is 0 Å². The highest BCUT2D eigenvalue weighted by Crippen LogP contribution is 2.18. The van der Waals surface area contributed by atoms with Crippen molar-refractivity contribution < 1.29 is 14.3 Å². The molecule has 0 aromatic heterocycles. The van der Waals surface area contributed by atoms with E-state index in [0.29, 0.717) is 45.9 Å². The first kappa shape index (κ1) is 16.2. The summed E-state index contributed by atoms with van der Waals surface area (Å²) in [5, 5.41) is 0. The molecule has 0 radical (unpaired) electrons. The second kappa shape index (κ2) is 6.75. The van der Waals surface area contributed by atoms with Gasteiger partial charge in [0.25, 0.3) is 0 Å². The minimum atomic E-state index is -0.347. The monoisotopic (exact) mass is 297 g/mol. The number of amides is 2. The molecule has 0 spiro atoms. The molecule has 2 aliphatic rings. The van der Waals surface area contributed by atoms with Crippen molar-refractivity contribution in [2.24, 2.45) is 5.41 Å². The van der Waals surface area contributed by atoms with Crippen molar-refractivity contribution in [3.05, 3.63) is 0 Å². The molecule has 0 unspecified atom stereocenters. The van der Waals surface area contributed by atoms with E-state index in [1.807, 2.05) is 30.6 Å². The first-order valence-electron chi connectivity index (χ1n) is 7.75. The normalized spacial score (nSPS) is 21.5. The first-order chi connectivity index (χ1) is 9.88. The second-order valence-corrected chi connectivity index (χ2v) is 6.81. The largest absolute Gasteiger partial charge is 0.379 e. The van der Waals surface area contributed by atoms with Crippen LogP contribution in [0.2, 0.25) is 0 Å². The number of morpholine rings is 1. The lowest BCUT2D eigenvalue weighted by Crippen LogP contribution is -2.55. The highest BCUT2D eigenvalue weighted by atomic mass is 16.5. The van der Waals surface area contributed by atoms with E-state index in [1.165, 1.54) is 0 Å². The van der Waals surface area contributed by atoms with Crippen LogP contribution in [0.25, 0.3) is 0 Å². The quantitative estimate of drug-likeness (QED) is 0.722. The lowest BCUT2D eigenvalue weighted by atomic mass is 9.94. The predicted octanol–water partition coefficient (Wildman–Crippen LogP) is 0.0355. The van der Waals surface area contributed by atoms with Crippen LogP contribution in [0.5, 0.6) is 0 Å². The maximum Gasteiger partial charge on any atom is 0.236 e. The maximum absolute atomic E-state index is 12.3. The summed E-state index contributed by atoms with van der Waals surface area (Å²) in [5.74, 6) is 0.336. The predicted molar refractivity (Wildman–Crippen MR) is 79.9 cm³/mol. The molecule has 2 saturated heterocycles. The first-order valence-corrected chi connectivity index (χ1v) is 7.75. The van der Waals surface area contributed by atoms with E-state index in [-0.39, 0.29) is 17.2 Å². The van der Waals surface area contributed by atoms with Crippen molar-refractivity contribution in [2.75, 3.05) is 59.0 Å². The van der Waals surface area contributed by atoms with Gasteiger partial charge in [0.05, 0.1) is 19.8 Å². The van der Waals surface area contributed by atoms with E-state index in [4.69, 9.17) is 4.74 Å². The van der Waals surface area contributed by atoms with E-state index in [1.54, 1.807) is 0 Å². The molecule has 2 heterocycles. The zero-order valence-electron chi connectivity index (χ0n) is 13.4. The molecule has 0 aliphatic carbocycles. The Morgan fingerprint density at radius 2 is 1.43 bits per heavy atom. The lowest BCUT2D eigenvalue weighted by Gasteiger charge is -2.38. The van der Waals surface area contributed by atoms with Crippen LogP contribution in [0.1, 0.15) is 20.8 Å². The van der Waals surface area contributed by atoms with E-state index in [9.17, 15) is 9.59 Å². The summed E-state index contributed by atoms with van der Waals surface area (Å²) in [6.45, 7) is 11.9. The molecular weight excluding hydrogens is 270 g/mol. The average molecular weight is 297 g/mol. The number of nitrogens with zero attached hydrogens (tertiary/aromatic N) is 3. The maximum atomic E-state index is 12.3. The van der Waals surface area contributed by atoms with Gasteiger partial charge in [-0.3, -0.25) is 14.5 Å². The fourth-order valence-corrected chi connectivity index (χ4v) is 2.68. The minimum absolute atomic E-state index is 0.166. The number of carbonyl (C=O) groups excluding carboxylic acids is 2.